The molecule has 3 rings (SSSR count). The van der Waals surface area contributed by atoms with Gasteiger partial charge in [-0.15, -0.1) is 0 Å². The van der Waals surface area contributed by atoms with E-state index in [-0.39, 0.29) is 5.91 Å². The quantitative estimate of drug-likeness (QED) is 0.856. The van der Waals surface area contributed by atoms with Crippen molar-refractivity contribution in [1.29, 1.82) is 0 Å². The fraction of sp³-hybridized carbons (Fsp3) is 0.222. The summed E-state index contributed by atoms with van der Waals surface area (Å²) >= 11 is 0. The Morgan fingerprint density at radius 1 is 1.14 bits per heavy atom. The number of aryl methyl sites for hydroxylation is 3. The number of carbonyl (C=O) groups is 1. The Bertz CT molecular complexity index is 735. The van der Waals surface area contributed by atoms with Gasteiger partial charge in [0.05, 0.1) is 5.70 Å². The molecule has 4 nitrogen and oxygen atoms in total. The largest absolute Gasteiger partial charge is 0.298 e. The molecule has 0 unspecified atom stereocenters. The standard InChI is InChI=1S/C18H19N3O/c1-12-10-15-4-3-5-17(16(15)11-13(12)2)20-21-18(22)14-6-8-19-9-7-14/h5-11,20H,3-4H2,1-2H3,(H,21,22). The number of carbonyl (C=O) groups excluding carboxylic acids is 1. The lowest BCUT2D eigenvalue weighted by Crippen LogP contribution is -2.36. The van der Waals surface area contributed by atoms with Gasteiger partial charge in [-0.2, -0.15) is 0 Å². The third-order valence-corrected chi connectivity index (χ3v) is 4.03. The number of amides is 1. The molecule has 0 radical (unpaired) electrons. The lowest BCUT2D eigenvalue weighted by molar-refractivity contribution is 0.0942. The van der Waals surface area contributed by atoms with Crippen LogP contribution in [0.25, 0.3) is 5.70 Å². The maximum absolute atomic E-state index is 12.1. The SMILES string of the molecule is Cc1cc2c(cc1C)C(NNC(=O)c1ccncc1)=CCC2. The molecule has 1 heterocycles. The van der Waals surface area contributed by atoms with Gasteiger partial charge in [-0.05, 0) is 61.6 Å². The minimum absolute atomic E-state index is 0.167. The number of allylic oxidation sites excluding steroid dienone is 1. The van der Waals surface area contributed by atoms with Gasteiger partial charge in [0.15, 0.2) is 0 Å². The monoisotopic (exact) mass is 293 g/mol. The maximum Gasteiger partial charge on any atom is 0.269 e. The summed E-state index contributed by atoms with van der Waals surface area (Å²) in [5.41, 5.74) is 12.4. The van der Waals surface area contributed by atoms with Gasteiger partial charge in [0.25, 0.3) is 5.91 Å². The zero-order valence-electron chi connectivity index (χ0n) is 12.8. The Morgan fingerprint density at radius 3 is 2.64 bits per heavy atom. The van der Waals surface area contributed by atoms with Crippen LogP contribution in [-0.4, -0.2) is 10.9 Å². The summed E-state index contributed by atoms with van der Waals surface area (Å²) in [4.78, 5) is 16.0. The number of nitrogens with zero attached hydrogens (tertiary/aromatic N) is 1. The summed E-state index contributed by atoms with van der Waals surface area (Å²) in [6.07, 6.45) is 7.36. The van der Waals surface area contributed by atoms with Crippen LogP contribution in [-0.2, 0) is 6.42 Å². The van der Waals surface area contributed by atoms with Gasteiger partial charge in [-0.3, -0.25) is 20.6 Å². The van der Waals surface area contributed by atoms with E-state index in [2.05, 4.69) is 47.9 Å². The summed E-state index contributed by atoms with van der Waals surface area (Å²) < 4.78 is 0. The zero-order valence-corrected chi connectivity index (χ0v) is 12.8. The molecular formula is C18H19N3O. The van der Waals surface area contributed by atoms with Crippen LogP contribution in [0.3, 0.4) is 0 Å². The van der Waals surface area contributed by atoms with E-state index in [1.807, 2.05) is 0 Å². The number of rotatable bonds is 3. The first-order valence-electron chi connectivity index (χ1n) is 7.42. The fourth-order valence-corrected chi connectivity index (χ4v) is 2.63. The number of nitrogens with one attached hydrogen (secondary N) is 2. The Hall–Kier alpha value is -2.62. The molecular weight excluding hydrogens is 274 g/mol. The molecule has 1 aromatic heterocycles. The number of hydrazine groups is 1. The van der Waals surface area contributed by atoms with Gasteiger partial charge < -0.3 is 0 Å². The Balaban J connectivity index is 1.76. The average Bonchev–Trinajstić information content (AvgIpc) is 2.54. The van der Waals surface area contributed by atoms with E-state index in [9.17, 15) is 4.79 Å². The van der Waals surface area contributed by atoms with Crippen LogP contribution in [0, 0.1) is 13.8 Å². The van der Waals surface area contributed by atoms with E-state index in [1.54, 1.807) is 24.5 Å². The highest BCUT2D eigenvalue weighted by Crippen LogP contribution is 2.27. The van der Waals surface area contributed by atoms with Crippen LogP contribution < -0.4 is 10.9 Å². The maximum atomic E-state index is 12.1. The van der Waals surface area contributed by atoms with Gasteiger partial charge in [0, 0.05) is 23.5 Å². The van der Waals surface area contributed by atoms with Crippen LogP contribution in [0.1, 0.15) is 39.0 Å². The molecule has 0 atom stereocenters. The van der Waals surface area contributed by atoms with Crippen molar-refractivity contribution in [3.63, 3.8) is 0 Å². The molecule has 1 aliphatic rings. The molecule has 2 N–H and O–H groups in total. The second-order valence-corrected chi connectivity index (χ2v) is 5.57. The third kappa shape index (κ3) is 2.86. The first kappa shape index (κ1) is 14.3. The second kappa shape index (κ2) is 6.02. The summed E-state index contributed by atoms with van der Waals surface area (Å²) in [5.74, 6) is -0.167. The van der Waals surface area contributed by atoms with Crippen LogP contribution in [0.4, 0.5) is 0 Å². The van der Waals surface area contributed by atoms with E-state index >= 15 is 0 Å². The lowest BCUT2D eigenvalue weighted by Gasteiger charge is -2.21. The Labute approximate surface area is 130 Å². The van der Waals surface area contributed by atoms with Crippen molar-refractivity contribution in [2.24, 2.45) is 0 Å². The molecule has 0 saturated heterocycles. The predicted molar refractivity (Wildman–Crippen MR) is 87.1 cm³/mol. The van der Waals surface area contributed by atoms with Crippen LogP contribution >= 0.6 is 0 Å². The van der Waals surface area contributed by atoms with Gasteiger partial charge >= 0.3 is 0 Å². The van der Waals surface area contributed by atoms with E-state index in [0.717, 1.165) is 18.5 Å². The Kier molecular flexibility index (Phi) is 3.92. The molecule has 2 aromatic rings. The number of hydrogen-bond acceptors (Lipinski definition) is 3. The van der Waals surface area contributed by atoms with Crippen molar-refractivity contribution in [1.82, 2.24) is 15.8 Å². The number of fused-ring (bicyclic) bond motifs is 1. The van der Waals surface area contributed by atoms with E-state index < -0.39 is 0 Å². The van der Waals surface area contributed by atoms with Gasteiger partial charge in [0.2, 0.25) is 0 Å². The summed E-state index contributed by atoms with van der Waals surface area (Å²) in [6, 6.07) is 7.80. The average molecular weight is 293 g/mol. The molecule has 1 aliphatic carbocycles. The van der Waals surface area contributed by atoms with Crippen molar-refractivity contribution in [2.45, 2.75) is 26.7 Å². The summed E-state index contributed by atoms with van der Waals surface area (Å²) in [5, 5.41) is 0. The molecule has 0 bridgehead atoms. The number of aromatic nitrogens is 1. The highest BCUT2D eigenvalue weighted by molar-refractivity contribution is 5.94. The molecule has 1 amide bonds. The van der Waals surface area contributed by atoms with Gasteiger partial charge in [-0.25, -0.2) is 0 Å². The second-order valence-electron chi connectivity index (χ2n) is 5.57. The first-order chi connectivity index (χ1) is 10.6. The number of benzene rings is 1. The molecule has 4 heteroatoms. The molecule has 1 aromatic carbocycles. The highest BCUT2D eigenvalue weighted by atomic mass is 16.2. The minimum Gasteiger partial charge on any atom is -0.298 e. The molecule has 0 fully saturated rings. The molecule has 0 saturated carbocycles. The van der Waals surface area contributed by atoms with Gasteiger partial charge in [-0.1, -0.05) is 12.1 Å². The van der Waals surface area contributed by atoms with E-state index in [0.29, 0.717) is 5.56 Å². The summed E-state index contributed by atoms with van der Waals surface area (Å²) in [7, 11) is 0. The molecule has 0 spiro atoms. The number of pyridine rings is 1. The molecule has 0 aliphatic heterocycles. The highest BCUT2D eigenvalue weighted by Gasteiger charge is 2.14. The smallest absolute Gasteiger partial charge is 0.269 e. The van der Waals surface area contributed by atoms with Crippen LogP contribution in [0.2, 0.25) is 0 Å². The van der Waals surface area contributed by atoms with Crippen molar-refractivity contribution in [3.8, 4) is 0 Å². The minimum atomic E-state index is -0.167. The normalized spacial score (nSPS) is 13.1. The van der Waals surface area contributed by atoms with Crippen LogP contribution in [0.15, 0.2) is 42.7 Å². The Morgan fingerprint density at radius 2 is 1.86 bits per heavy atom. The molecule has 112 valence electrons. The van der Waals surface area contributed by atoms with Crippen molar-refractivity contribution < 1.29 is 4.79 Å². The third-order valence-electron chi connectivity index (χ3n) is 4.03. The van der Waals surface area contributed by atoms with Crippen molar-refractivity contribution in [2.75, 3.05) is 0 Å². The summed E-state index contributed by atoms with van der Waals surface area (Å²) in [6.45, 7) is 4.24. The first-order valence-corrected chi connectivity index (χ1v) is 7.42. The van der Waals surface area contributed by atoms with Gasteiger partial charge in [0.1, 0.15) is 0 Å². The van der Waals surface area contributed by atoms with Crippen molar-refractivity contribution in [3.05, 3.63) is 70.6 Å². The predicted octanol–water partition coefficient (Wildman–Crippen LogP) is 2.92. The topological polar surface area (TPSA) is 54.0 Å². The van der Waals surface area contributed by atoms with E-state index in [1.165, 1.54) is 22.3 Å². The van der Waals surface area contributed by atoms with E-state index in [4.69, 9.17) is 0 Å². The lowest BCUT2D eigenvalue weighted by atomic mass is 9.91. The van der Waals surface area contributed by atoms with Crippen LogP contribution in [0.5, 0.6) is 0 Å². The number of hydrogen-bond donors (Lipinski definition) is 2. The van der Waals surface area contributed by atoms with Crippen molar-refractivity contribution >= 4 is 11.6 Å². The molecule has 22 heavy (non-hydrogen) atoms. The fourth-order valence-electron chi connectivity index (χ4n) is 2.63. The zero-order chi connectivity index (χ0) is 15.5.